The average Bonchev–Trinajstić information content (AvgIpc) is 3.08. The number of aliphatic carboxylic acids is 1. The first-order valence-corrected chi connectivity index (χ1v) is 8.67. The van der Waals surface area contributed by atoms with Crippen LogP contribution in [0.5, 0.6) is 0 Å². The largest absolute Gasteiger partial charge is 0.481 e. The van der Waals surface area contributed by atoms with Crippen LogP contribution in [-0.4, -0.2) is 50.0 Å². The average molecular weight is 360 g/mol. The maximum atomic E-state index is 13.3. The number of hydrogen-bond donors (Lipinski definition) is 1. The fourth-order valence-electron chi connectivity index (χ4n) is 3.27. The van der Waals surface area contributed by atoms with Crippen molar-refractivity contribution in [1.82, 2.24) is 19.9 Å². The summed E-state index contributed by atoms with van der Waals surface area (Å²) in [6.07, 6.45) is 4.05. The third-order valence-electron chi connectivity index (χ3n) is 4.56. The predicted octanol–water partition coefficient (Wildman–Crippen LogP) is 2.18. The number of aromatic nitrogens is 3. The van der Waals surface area contributed by atoms with E-state index < -0.39 is 5.97 Å². The third kappa shape index (κ3) is 4.65. The first-order valence-electron chi connectivity index (χ1n) is 8.67. The summed E-state index contributed by atoms with van der Waals surface area (Å²) < 4.78 is 14.8. The van der Waals surface area contributed by atoms with E-state index in [9.17, 15) is 14.0 Å². The van der Waals surface area contributed by atoms with E-state index in [-0.39, 0.29) is 29.8 Å². The van der Waals surface area contributed by atoms with Crippen molar-refractivity contribution in [2.75, 3.05) is 13.1 Å². The zero-order chi connectivity index (χ0) is 18.5. The van der Waals surface area contributed by atoms with Gasteiger partial charge in [0.2, 0.25) is 0 Å². The normalized spacial score (nSPS) is 17.3. The van der Waals surface area contributed by atoms with E-state index >= 15 is 0 Å². The number of benzene rings is 1. The minimum Gasteiger partial charge on any atom is -0.481 e. The Balaban J connectivity index is 1.61. The Morgan fingerprint density at radius 2 is 2.19 bits per heavy atom. The van der Waals surface area contributed by atoms with Crippen molar-refractivity contribution in [3.05, 3.63) is 47.5 Å². The number of amides is 1. The van der Waals surface area contributed by atoms with E-state index in [1.807, 2.05) is 0 Å². The highest BCUT2D eigenvalue weighted by Crippen LogP contribution is 2.22. The molecule has 1 N–H and O–H groups in total. The van der Waals surface area contributed by atoms with Crippen LogP contribution < -0.4 is 0 Å². The lowest BCUT2D eigenvalue weighted by atomic mass is 9.93. The molecule has 2 aromatic rings. The molecule has 26 heavy (non-hydrogen) atoms. The lowest BCUT2D eigenvalue weighted by Crippen LogP contribution is -2.40. The molecule has 2 heterocycles. The molecular formula is C18H21FN4O3. The van der Waals surface area contributed by atoms with Gasteiger partial charge in [0.15, 0.2) is 5.69 Å². The second kappa shape index (κ2) is 8.07. The van der Waals surface area contributed by atoms with Crippen LogP contribution >= 0.6 is 0 Å². The van der Waals surface area contributed by atoms with Gasteiger partial charge in [0.05, 0.1) is 12.7 Å². The van der Waals surface area contributed by atoms with Crippen LogP contribution in [0.1, 0.15) is 41.7 Å². The number of rotatable bonds is 6. The van der Waals surface area contributed by atoms with Crippen molar-refractivity contribution in [1.29, 1.82) is 0 Å². The summed E-state index contributed by atoms with van der Waals surface area (Å²) in [6.45, 7) is 1.52. The van der Waals surface area contributed by atoms with Crippen molar-refractivity contribution in [2.45, 2.75) is 32.2 Å². The first kappa shape index (κ1) is 18.0. The molecule has 0 unspecified atom stereocenters. The molecule has 1 saturated heterocycles. The highest BCUT2D eigenvalue weighted by molar-refractivity contribution is 5.92. The summed E-state index contributed by atoms with van der Waals surface area (Å²) in [6, 6.07) is 6.19. The van der Waals surface area contributed by atoms with Crippen molar-refractivity contribution >= 4 is 11.9 Å². The standard InChI is InChI=1S/C18H21FN4O3/c19-15-5-1-3-14(9-15)11-23-12-16(20-21-23)18(26)22-8-2-4-13(10-22)6-7-17(24)25/h1,3,5,9,12-13H,2,4,6-8,10-11H2,(H,24,25)/t13-/m0/s1. The van der Waals surface area contributed by atoms with Crippen LogP contribution in [0.3, 0.4) is 0 Å². The summed E-state index contributed by atoms with van der Waals surface area (Å²) in [4.78, 5) is 25.1. The summed E-state index contributed by atoms with van der Waals surface area (Å²) in [7, 11) is 0. The van der Waals surface area contributed by atoms with Gasteiger partial charge in [-0.1, -0.05) is 17.3 Å². The van der Waals surface area contributed by atoms with E-state index in [0.717, 1.165) is 18.4 Å². The zero-order valence-corrected chi connectivity index (χ0v) is 14.3. The Hall–Kier alpha value is -2.77. The van der Waals surface area contributed by atoms with Gasteiger partial charge in [-0.2, -0.15) is 0 Å². The smallest absolute Gasteiger partial charge is 0.303 e. The van der Waals surface area contributed by atoms with E-state index in [2.05, 4.69) is 10.3 Å². The number of nitrogens with zero attached hydrogens (tertiary/aromatic N) is 4. The summed E-state index contributed by atoms with van der Waals surface area (Å²) in [5.41, 5.74) is 0.987. The minimum absolute atomic E-state index is 0.122. The van der Waals surface area contributed by atoms with Crippen LogP contribution in [0.4, 0.5) is 4.39 Å². The molecule has 1 aromatic carbocycles. The Morgan fingerprint density at radius 1 is 1.35 bits per heavy atom. The molecule has 0 saturated carbocycles. The van der Waals surface area contributed by atoms with E-state index in [0.29, 0.717) is 26.1 Å². The van der Waals surface area contributed by atoms with Crippen molar-refractivity contribution in [2.24, 2.45) is 5.92 Å². The van der Waals surface area contributed by atoms with Crippen LogP contribution in [0, 0.1) is 11.7 Å². The van der Waals surface area contributed by atoms with Gasteiger partial charge in [-0.25, -0.2) is 9.07 Å². The van der Waals surface area contributed by atoms with E-state index in [4.69, 9.17) is 5.11 Å². The van der Waals surface area contributed by atoms with Gasteiger partial charge in [-0.05, 0) is 42.9 Å². The molecule has 1 atom stereocenters. The van der Waals surface area contributed by atoms with E-state index in [1.54, 1.807) is 23.2 Å². The number of piperidine rings is 1. The molecular weight excluding hydrogens is 339 g/mol. The Bertz CT molecular complexity index is 792. The van der Waals surface area contributed by atoms with Crippen LogP contribution in [-0.2, 0) is 11.3 Å². The molecule has 1 aromatic heterocycles. The SMILES string of the molecule is O=C(O)CC[C@@H]1CCCN(C(=O)c2cn(Cc3cccc(F)c3)nn2)C1. The number of carboxylic acid groups (broad SMARTS) is 1. The number of carboxylic acids is 1. The molecule has 3 rings (SSSR count). The van der Waals surface area contributed by atoms with Crippen molar-refractivity contribution < 1.29 is 19.1 Å². The maximum absolute atomic E-state index is 13.3. The van der Waals surface area contributed by atoms with Gasteiger partial charge in [0.25, 0.3) is 5.91 Å². The Kier molecular flexibility index (Phi) is 5.60. The molecule has 0 radical (unpaired) electrons. The number of carbonyl (C=O) groups excluding carboxylic acids is 1. The highest BCUT2D eigenvalue weighted by Gasteiger charge is 2.26. The van der Waals surface area contributed by atoms with Gasteiger partial charge >= 0.3 is 5.97 Å². The number of likely N-dealkylation sites (tertiary alicyclic amines) is 1. The first-order chi connectivity index (χ1) is 12.5. The highest BCUT2D eigenvalue weighted by atomic mass is 19.1. The number of hydrogen-bond acceptors (Lipinski definition) is 4. The maximum Gasteiger partial charge on any atom is 0.303 e. The van der Waals surface area contributed by atoms with Gasteiger partial charge < -0.3 is 10.0 Å². The van der Waals surface area contributed by atoms with Crippen molar-refractivity contribution in [3.63, 3.8) is 0 Å². The topological polar surface area (TPSA) is 88.3 Å². The molecule has 0 bridgehead atoms. The quantitative estimate of drug-likeness (QED) is 0.853. The molecule has 8 heteroatoms. The monoisotopic (exact) mass is 360 g/mol. The lowest BCUT2D eigenvalue weighted by Gasteiger charge is -2.32. The van der Waals surface area contributed by atoms with Crippen LogP contribution in [0.25, 0.3) is 0 Å². The predicted molar refractivity (Wildman–Crippen MR) is 91.0 cm³/mol. The second-order valence-electron chi connectivity index (χ2n) is 6.62. The summed E-state index contributed by atoms with van der Waals surface area (Å²) in [5.74, 6) is -1.13. The molecule has 0 spiro atoms. The fourth-order valence-corrected chi connectivity index (χ4v) is 3.27. The molecule has 1 aliphatic rings. The number of halogens is 1. The van der Waals surface area contributed by atoms with Crippen LogP contribution in [0.15, 0.2) is 30.5 Å². The minimum atomic E-state index is -0.811. The van der Waals surface area contributed by atoms with Gasteiger partial charge in [0.1, 0.15) is 5.82 Å². The van der Waals surface area contributed by atoms with Gasteiger partial charge in [-0.3, -0.25) is 9.59 Å². The molecule has 0 aliphatic carbocycles. The Labute approximate surface area is 150 Å². The van der Waals surface area contributed by atoms with Gasteiger partial charge in [-0.15, -0.1) is 5.10 Å². The van der Waals surface area contributed by atoms with Crippen LogP contribution in [0.2, 0.25) is 0 Å². The zero-order valence-electron chi connectivity index (χ0n) is 14.3. The van der Waals surface area contributed by atoms with E-state index in [1.165, 1.54) is 16.8 Å². The van der Waals surface area contributed by atoms with Gasteiger partial charge in [0, 0.05) is 19.5 Å². The van der Waals surface area contributed by atoms with Crippen molar-refractivity contribution in [3.8, 4) is 0 Å². The molecule has 7 nitrogen and oxygen atoms in total. The summed E-state index contributed by atoms with van der Waals surface area (Å²) in [5, 5.41) is 16.7. The molecule has 1 aliphatic heterocycles. The molecule has 138 valence electrons. The number of carbonyl (C=O) groups is 2. The third-order valence-corrected chi connectivity index (χ3v) is 4.56. The molecule has 1 fully saturated rings. The molecule has 1 amide bonds. The second-order valence-corrected chi connectivity index (χ2v) is 6.62. The fraction of sp³-hybridized carbons (Fsp3) is 0.444. The summed E-state index contributed by atoms with van der Waals surface area (Å²) >= 11 is 0. The Morgan fingerprint density at radius 3 is 2.96 bits per heavy atom. The lowest BCUT2D eigenvalue weighted by molar-refractivity contribution is -0.137.